The van der Waals surface area contributed by atoms with Crippen molar-refractivity contribution in [2.45, 2.75) is 39.7 Å². The lowest BCUT2D eigenvalue weighted by molar-refractivity contribution is 0.0802. The predicted octanol–water partition coefficient (Wildman–Crippen LogP) is 6.48. The van der Waals surface area contributed by atoms with Gasteiger partial charge in [0.2, 0.25) is 0 Å². The maximum Gasteiger partial charge on any atom is 0.0846 e. The molecule has 4 aromatic rings. The zero-order valence-electron chi connectivity index (χ0n) is 17.0. The summed E-state index contributed by atoms with van der Waals surface area (Å²) in [5.74, 6) is 0.609. The zero-order chi connectivity index (χ0) is 19.9. The molecule has 2 heteroatoms. The van der Waals surface area contributed by atoms with Crippen LogP contribution < -0.4 is 0 Å². The lowest BCUT2D eigenvalue weighted by Gasteiger charge is -2.22. The average Bonchev–Trinajstić information content (AvgIpc) is 2.65. The van der Waals surface area contributed by atoms with E-state index in [0.29, 0.717) is 5.92 Å². The Kier molecular flexibility index (Phi) is 4.68. The molecule has 0 amide bonds. The lowest BCUT2D eigenvalue weighted by Crippen LogP contribution is -2.16. The van der Waals surface area contributed by atoms with Crippen molar-refractivity contribution in [3.8, 4) is 11.3 Å². The lowest BCUT2D eigenvalue weighted by atomic mass is 9.89. The van der Waals surface area contributed by atoms with Crippen molar-refractivity contribution < 1.29 is 5.11 Å². The summed E-state index contributed by atoms with van der Waals surface area (Å²) in [7, 11) is 0. The van der Waals surface area contributed by atoms with E-state index >= 15 is 0 Å². The third-order valence-electron chi connectivity index (χ3n) is 5.29. The molecule has 0 aliphatic rings. The number of rotatable bonds is 4. The highest BCUT2D eigenvalue weighted by molar-refractivity contribution is 5.99. The van der Waals surface area contributed by atoms with Gasteiger partial charge in [-0.1, -0.05) is 68.4 Å². The molecule has 0 fully saturated rings. The predicted molar refractivity (Wildman–Crippen MR) is 118 cm³/mol. The molecule has 0 aliphatic carbocycles. The Balaban J connectivity index is 1.95. The fourth-order valence-corrected chi connectivity index (χ4v) is 4.05. The van der Waals surface area contributed by atoms with Crippen molar-refractivity contribution in [1.82, 2.24) is 4.98 Å². The Morgan fingerprint density at radius 1 is 0.893 bits per heavy atom. The topological polar surface area (TPSA) is 33.1 Å². The Labute approximate surface area is 166 Å². The van der Waals surface area contributed by atoms with E-state index in [1.807, 2.05) is 26.0 Å². The fourth-order valence-electron chi connectivity index (χ4n) is 4.05. The highest BCUT2D eigenvalue weighted by atomic mass is 16.3. The second-order valence-electron chi connectivity index (χ2n) is 8.55. The number of aliphatic hydroxyl groups is 1. The molecule has 0 unspecified atom stereocenters. The Morgan fingerprint density at radius 3 is 2.32 bits per heavy atom. The standard InChI is InChI=1S/C26H27NO/c1-17(2)16-19-10-7-13-23-20(19)14-15-24(27-23)21-11-5-8-18-9-6-12-22(25(18)21)26(3,4)28/h5-15,17,28H,16H2,1-4H3. The molecule has 0 saturated carbocycles. The number of nitrogens with zero attached hydrogens (tertiary/aromatic N) is 1. The van der Waals surface area contributed by atoms with E-state index in [1.165, 1.54) is 10.9 Å². The Bertz CT molecular complexity index is 1150. The van der Waals surface area contributed by atoms with Gasteiger partial charge in [-0.15, -0.1) is 0 Å². The van der Waals surface area contributed by atoms with Gasteiger partial charge in [-0.2, -0.15) is 0 Å². The van der Waals surface area contributed by atoms with Gasteiger partial charge in [0.1, 0.15) is 0 Å². The van der Waals surface area contributed by atoms with Crippen molar-refractivity contribution >= 4 is 21.7 Å². The molecule has 0 bridgehead atoms. The minimum absolute atomic E-state index is 0.609. The largest absolute Gasteiger partial charge is 0.386 e. The van der Waals surface area contributed by atoms with E-state index in [4.69, 9.17) is 4.98 Å². The summed E-state index contributed by atoms with van der Waals surface area (Å²) < 4.78 is 0. The molecule has 142 valence electrons. The van der Waals surface area contributed by atoms with Gasteiger partial charge in [0.25, 0.3) is 0 Å². The van der Waals surface area contributed by atoms with E-state index in [-0.39, 0.29) is 0 Å². The van der Waals surface area contributed by atoms with Gasteiger partial charge in [0.05, 0.1) is 16.8 Å². The molecule has 0 saturated heterocycles. The second kappa shape index (κ2) is 7.03. The van der Waals surface area contributed by atoms with Crippen LogP contribution in [0.15, 0.2) is 66.7 Å². The van der Waals surface area contributed by atoms with Crippen molar-refractivity contribution in [3.63, 3.8) is 0 Å². The number of aromatic nitrogens is 1. The third-order valence-corrected chi connectivity index (χ3v) is 5.29. The summed E-state index contributed by atoms with van der Waals surface area (Å²) in [5.41, 5.74) is 4.38. The van der Waals surface area contributed by atoms with Crippen molar-refractivity contribution in [2.24, 2.45) is 5.92 Å². The fraction of sp³-hybridized carbons (Fsp3) is 0.269. The van der Waals surface area contributed by atoms with E-state index in [1.54, 1.807) is 0 Å². The number of hydrogen-bond donors (Lipinski definition) is 1. The van der Waals surface area contributed by atoms with Crippen LogP contribution in [-0.2, 0) is 12.0 Å². The van der Waals surface area contributed by atoms with Crippen LogP contribution in [0.5, 0.6) is 0 Å². The SMILES string of the molecule is CC(C)Cc1cccc2nc(-c3cccc4cccc(C(C)(C)O)c34)ccc12. The molecule has 0 aliphatic heterocycles. The molecule has 0 spiro atoms. The molecule has 0 radical (unpaired) electrons. The van der Waals surface area contributed by atoms with Crippen LogP contribution in [0, 0.1) is 5.92 Å². The first-order chi connectivity index (χ1) is 13.3. The van der Waals surface area contributed by atoms with Crippen LogP contribution in [0.1, 0.15) is 38.8 Å². The first kappa shape index (κ1) is 18.6. The smallest absolute Gasteiger partial charge is 0.0846 e. The zero-order valence-corrected chi connectivity index (χ0v) is 17.0. The van der Waals surface area contributed by atoms with Gasteiger partial charge in [-0.05, 0) is 60.2 Å². The van der Waals surface area contributed by atoms with Gasteiger partial charge in [-0.25, -0.2) is 4.98 Å². The van der Waals surface area contributed by atoms with Crippen molar-refractivity contribution in [3.05, 3.63) is 77.9 Å². The molecule has 1 N–H and O–H groups in total. The summed E-state index contributed by atoms with van der Waals surface area (Å²) >= 11 is 0. The molecule has 0 atom stereocenters. The van der Waals surface area contributed by atoms with Crippen LogP contribution in [0.2, 0.25) is 0 Å². The van der Waals surface area contributed by atoms with Crippen LogP contribution >= 0.6 is 0 Å². The monoisotopic (exact) mass is 369 g/mol. The number of benzene rings is 3. The second-order valence-corrected chi connectivity index (χ2v) is 8.55. The van der Waals surface area contributed by atoms with E-state index < -0.39 is 5.60 Å². The highest BCUT2D eigenvalue weighted by Crippen LogP contribution is 2.36. The van der Waals surface area contributed by atoms with Crippen molar-refractivity contribution in [2.75, 3.05) is 0 Å². The van der Waals surface area contributed by atoms with Crippen molar-refractivity contribution in [1.29, 1.82) is 0 Å². The molecular weight excluding hydrogens is 342 g/mol. The van der Waals surface area contributed by atoms with E-state index in [0.717, 1.165) is 39.5 Å². The van der Waals surface area contributed by atoms with Crippen LogP contribution in [-0.4, -0.2) is 10.1 Å². The molecule has 1 aromatic heterocycles. The average molecular weight is 370 g/mol. The van der Waals surface area contributed by atoms with Gasteiger partial charge in [-0.3, -0.25) is 0 Å². The molecule has 28 heavy (non-hydrogen) atoms. The van der Waals surface area contributed by atoms with Gasteiger partial charge >= 0.3 is 0 Å². The summed E-state index contributed by atoms with van der Waals surface area (Å²) in [4.78, 5) is 5.01. The normalized spacial score (nSPS) is 12.2. The van der Waals surface area contributed by atoms with Crippen LogP contribution in [0.25, 0.3) is 32.9 Å². The minimum Gasteiger partial charge on any atom is -0.386 e. The number of hydrogen-bond acceptors (Lipinski definition) is 2. The minimum atomic E-state index is -0.920. The number of pyridine rings is 1. The summed E-state index contributed by atoms with van der Waals surface area (Å²) in [6.45, 7) is 8.17. The van der Waals surface area contributed by atoms with E-state index in [2.05, 4.69) is 68.4 Å². The highest BCUT2D eigenvalue weighted by Gasteiger charge is 2.21. The molecule has 4 rings (SSSR count). The first-order valence-electron chi connectivity index (χ1n) is 9.98. The molecule has 3 aromatic carbocycles. The quantitative estimate of drug-likeness (QED) is 0.446. The summed E-state index contributed by atoms with van der Waals surface area (Å²) in [5, 5.41) is 14.1. The maximum absolute atomic E-state index is 10.7. The van der Waals surface area contributed by atoms with Gasteiger partial charge < -0.3 is 5.11 Å². The maximum atomic E-state index is 10.7. The van der Waals surface area contributed by atoms with Crippen LogP contribution in [0.3, 0.4) is 0 Å². The van der Waals surface area contributed by atoms with Crippen LogP contribution in [0.4, 0.5) is 0 Å². The molecule has 1 heterocycles. The first-order valence-corrected chi connectivity index (χ1v) is 9.98. The molecule has 2 nitrogen and oxygen atoms in total. The summed E-state index contributed by atoms with van der Waals surface area (Å²) in [6, 6.07) is 23.1. The Morgan fingerprint density at radius 2 is 1.61 bits per heavy atom. The summed E-state index contributed by atoms with van der Waals surface area (Å²) in [6.07, 6.45) is 1.05. The van der Waals surface area contributed by atoms with Gasteiger partial charge in [0.15, 0.2) is 0 Å². The molecular formula is C26H27NO. The van der Waals surface area contributed by atoms with E-state index in [9.17, 15) is 5.11 Å². The Hall–Kier alpha value is -2.71. The van der Waals surface area contributed by atoms with Gasteiger partial charge in [0, 0.05) is 10.9 Å². The number of fused-ring (bicyclic) bond motifs is 2. The third kappa shape index (κ3) is 3.41.